The highest BCUT2D eigenvalue weighted by molar-refractivity contribution is 6.00. The molecule has 1 fully saturated rings. The molecule has 1 aliphatic carbocycles. The number of allylic oxidation sites excluding steroid dienone is 1. The van der Waals surface area contributed by atoms with Gasteiger partial charge in [0.25, 0.3) is 0 Å². The number of piperidine rings is 1. The molecule has 0 bridgehead atoms. The second kappa shape index (κ2) is 13.6. The van der Waals surface area contributed by atoms with Crippen molar-refractivity contribution in [1.82, 2.24) is 10.3 Å². The van der Waals surface area contributed by atoms with Gasteiger partial charge in [-0.2, -0.15) is 0 Å². The monoisotopic (exact) mass is 607 g/mol. The third-order valence-corrected chi connectivity index (χ3v) is 8.13. The topological polar surface area (TPSA) is 114 Å². The summed E-state index contributed by atoms with van der Waals surface area (Å²) in [6, 6.07) is 20.1. The van der Waals surface area contributed by atoms with Crippen molar-refractivity contribution in [3.05, 3.63) is 85.1 Å². The summed E-state index contributed by atoms with van der Waals surface area (Å²) in [7, 11) is 3.16. The number of anilines is 3. The summed E-state index contributed by atoms with van der Waals surface area (Å²) in [4.78, 5) is 32.1. The first-order chi connectivity index (χ1) is 22.0. The number of carbonyl (C=O) groups excluding carboxylic acids is 2. The molecule has 2 atom stereocenters. The molecule has 232 valence electrons. The number of pyridine rings is 1. The van der Waals surface area contributed by atoms with Crippen LogP contribution in [0.3, 0.4) is 0 Å². The number of hydrogen-bond donors (Lipinski definition) is 3. The van der Waals surface area contributed by atoms with Crippen molar-refractivity contribution in [2.24, 2.45) is 5.92 Å². The second-order valence-electron chi connectivity index (χ2n) is 11.2. The van der Waals surface area contributed by atoms with Crippen LogP contribution in [-0.4, -0.2) is 50.3 Å². The van der Waals surface area contributed by atoms with Crippen LogP contribution >= 0.6 is 0 Å². The fourth-order valence-corrected chi connectivity index (χ4v) is 5.84. The van der Waals surface area contributed by atoms with Gasteiger partial charge in [0, 0.05) is 59.9 Å². The minimum Gasteiger partial charge on any atom is -0.493 e. The summed E-state index contributed by atoms with van der Waals surface area (Å²) >= 11 is 0. The molecule has 0 saturated carbocycles. The van der Waals surface area contributed by atoms with Gasteiger partial charge in [-0.3, -0.25) is 9.78 Å². The fourth-order valence-electron chi connectivity index (χ4n) is 5.84. The lowest BCUT2D eigenvalue weighted by Gasteiger charge is -2.35. The van der Waals surface area contributed by atoms with Gasteiger partial charge >= 0.3 is 6.03 Å². The number of urea groups is 1. The molecule has 2 unspecified atom stereocenters. The minimum absolute atomic E-state index is 0.00308. The van der Waals surface area contributed by atoms with Crippen LogP contribution in [0.2, 0.25) is 0 Å². The first-order valence-electron chi connectivity index (χ1n) is 15.2. The maximum absolute atomic E-state index is 12.8. The first-order valence-corrected chi connectivity index (χ1v) is 15.2. The van der Waals surface area contributed by atoms with Gasteiger partial charge in [0.05, 0.1) is 25.7 Å². The molecule has 2 aliphatic rings. The molecule has 45 heavy (non-hydrogen) atoms. The maximum Gasteiger partial charge on any atom is 0.323 e. The van der Waals surface area contributed by atoms with E-state index in [0.29, 0.717) is 39.9 Å². The van der Waals surface area contributed by atoms with E-state index in [2.05, 4.69) is 31.9 Å². The molecule has 3 N–H and O–H groups in total. The molecule has 0 spiro atoms. The highest BCUT2D eigenvalue weighted by atomic mass is 16.5. The summed E-state index contributed by atoms with van der Waals surface area (Å²) in [6.07, 6.45) is 9.64. The van der Waals surface area contributed by atoms with Gasteiger partial charge in [-0.1, -0.05) is 18.2 Å². The molecular weight excluding hydrogens is 570 g/mol. The summed E-state index contributed by atoms with van der Waals surface area (Å²) in [6.45, 7) is 1.70. The molecule has 10 nitrogen and oxygen atoms in total. The molecule has 0 radical (unpaired) electrons. The van der Waals surface area contributed by atoms with Crippen molar-refractivity contribution in [3.63, 3.8) is 0 Å². The molecule has 3 amide bonds. The largest absolute Gasteiger partial charge is 0.493 e. The maximum atomic E-state index is 12.8. The van der Waals surface area contributed by atoms with Gasteiger partial charge in [0.2, 0.25) is 5.91 Å². The van der Waals surface area contributed by atoms with Crippen LogP contribution in [0, 0.1) is 5.92 Å². The highest BCUT2D eigenvalue weighted by Gasteiger charge is 2.25. The van der Waals surface area contributed by atoms with Crippen molar-refractivity contribution in [1.29, 1.82) is 0 Å². The van der Waals surface area contributed by atoms with Crippen LogP contribution in [0.25, 0.3) is 10.9 Å². The second-order valence-corrected chi connectivity index (χ2v) is 11.2. The zero-order valence-electron chi connectivity index (χ0n) is 25.4. The number of aromatic nitrogens is 1. The number of nitrogens with zero attached hydrogens (tertiary/aromatic N) is 2. The number of benzene rings is 3. The van der Waals surface area contributed by atoms with Crippen LogP contribution in [0.1, 0.15) is 25.7 Å². The summed E-state index contributed by atoms with van der Waals surface area (Å²) in [5.74, 6) is 2.43. The number of hydrogen-bond acceptors (Lipinski definition) is 7. The van der Waals surface area contributed by atoms with Gasteiger partial charge < -0.3 is 35.1 Å². The van der Waals surface area contributed by atoms with E-state index in [9.17, 15) is 9.59 Å². The van der Waals surface area contributed by atoms with E-state index in [1.54, 1.807) is 44.7 Å². The van der Waals surface area contributed by atoms with Crippen LogP contribution in [0.15, 0.2) is 85.1 Å². The number of ether oxygens (including phenoxy) is 3. The predicted octanol–water partition coefficient (Wildman–Crippen LogP) is 6.74. The lowest BCUT2D eigenvalue weighted by molar-refractivity contribution is -0.124. The van der Waals surface area contributed by atoms with Crippen molar-refractivity contribution in [3.8, 4) is 23.0 Å². The van der Waals surface area contributed by atoms with Crippen LogP contribution in [0.5, 0.6) is 23.0 Å². The Morgan fingerprint density at radius 3 is 2.47 bits per heavy atom. The first kappa shape index (κ1) is 29.8. The van der Waals surface area contributed by atoms with E-state index in [0.717, 1.165) is 49.8 Å². The van der Waals surface area contributed by atoms with E-state index in [4.69, 9.17) is 14.2 Å². The Labute approximate surface area is 262 Å². The molecule has 1 aromatic heterocycles. The number of nitrogens with one attached hydrogen (secondary N) is 3. The van der Waals surface area contributed by atoms with E-state index in [1.807, 2.05) is 48.5 Å². The summed E-state index contributed by atoms with van der Waals surface area (Å²) in [5, 5.41) is 9.78. The Hall–Kier alpha value is -5.25. The Bertz CT molecular complexity index is 1710. The quantitative estimate of drug-likeness (QED) is 0.181. The standard InChI is InChI=1S/C35H37N5O5/c1-43-32-20-29-30(21-33(32)44-2)36-17-16-31(29)45-28-11-5-9-25(19-28)39-35(42)38-24-12-14-27(15-13-24)40-18-6-10-26(22-40)37-34(41)23-7-3-4-8-23/h3,5,7,9,11-17,19-21,23,26H,4,6,8,10,18,22H2,1-2H3,(H,37,41)(H2,38,39,42). The number of amides is 3. The summed E-state index contributed by atoms with van der Waals surface area (Å²) in [5.41, 5.74) is 3.01. The van der Waals surface area contributed by atoms with E-state index in [1.165, 1.54) is 0 Å². The normalized spacial score (nSPS) is 17.5. The van der Waals surface area contributed by atoms with Gasteiger partial charge in [0.15, 0.2) is 11.5 Å². The molecule has 1 aliphatic heterocycles. The van der Waals surface area contributed by atoms with Crippen LogP contribution in [-0.2, 0) is 4.79 Å². The average Bonchev–Trinajstić information content (AvgIpc) is 3.61. The summed E-state index contributed by atoms with van der Waals surface area (Å²) < 4.78 is 17.0. The minimum atomic E-state index is -0.368. The molecule has 1 saturated heterocycles. The van der Waals surface area contributed by atoms with E-state index < -0.39 is 0 Å². The Morgan fingerprint density at radius 2 is 1.69 bits per heavy atom. The smallest absolute Gasteiger partial charge is 0.323 e. The predicted molar refractivity (Wildman–Crippen MR) is 176 cm³/mol. The third kappa shape index (κ3) is 7.12. The Morgan fingerprint density at radius 1 is 0.889 bits per heavy atom. The zero-order chi connectivity index (χ0) is 31.2. The van der Waals surface area contributed by atoms with Crippen molar-refractivity contribution in [2.45, 2.75) is 31.7 Å². The zero-order valence-corrected chi connectivity index (χ0v) is 25.4. The van der Waals surface area contributed by atoms with Gasteiger partial charge in [-0.05, 0) is 74.2 Å². The van der Waals surface area contributed by atoms with Gasteiger partial charge in [-0.25, -0.2) is 4.79 Å². The number of methoxy groups -OCH3 is 2. The van der Waals surface area contributed by atoms with Crippen molar-refractivity contribution >= 4 is 39.9 Å². The van der Waals surface area contributed by atoms with Crippen molar-refractivity contribution < 1.29 is 23.8 Å². The molecule has 6 rings (SSSR count). The highest BCUT2D eigenvalue weighted by Crippen LogP contribution is 2.37. The number of carbonyl (C=O) groups is 2. The molecule has 2 heterocycles. The Kier molecular flexibility index (Phi) is 9.00. The fraction of sp³-hybridized carbons (Fsp3) is 0.286. The molecule has 3 aromatic carbocycles. The number of fused-ring (bicyclic) bond motifs is 1. The molecule has 10 heteroatoms. The van der Waals surface area contributed by atoms with Crippen LogP contribution in [0.4, 0.5) is 21.9 Å². The van der Waals surface area contributed by atoms with Crippen LogP contribution < -0.4 is 35.1 Å². The Balaban J connectivity index is 1.05. The molecular formula is C35H37N5O5. The van der Waals surface area contributed by atoms with Gasteiger partial charge in [0.1, 0.15) is 11.5 Å². The molecule has 4 aromatic rings. The number of rotatable bonds is 9. The van der Waals surface area contributed by atoms with E-state index in [-0.39, 0.29) is 23.9 Å². The average molecular weight is 608 g/mol. The third-order valence-electron chi connectivity index (χ3n) is 8.13. The van der Waals surface area contributed by atoms with E-state index >= 15 is 0 Å². The van der Waals surface area contributed by atoms with Crippen molar-refractivity contribution in [2.75, 3.05) is 42.8 Å². The lowest BCUT2D eigenvalue weighted by Crippen LogP contribution is -2.49. The lowest BCUT2D eigenvalue weighted by atomic mass is 10.0. The SMILES string of the molecule is COc1cc2nccc(Oc3cccc(NC(=O)Nc4ccc(N5CCCC(NC(=O)C6C=CCC6)C5)cc4)c3)c2cc1OC. The van der Waals surface area contributed by atoms with Gasteiger partial charge in [-0.15, -0.1) is 0 Å².